The highest BCUT2D eigenvalue weighted by Gasteiger charge is 2.09. The SMILES string of the molecule is N#Cc1ncccc1-n1ccc(C(N)=O)n1. The summed E-state index contributed by atoms with van der Waals surface area (Å²) in [6.45, 7) is 0. The summed E-state index contributed by atoms with van der Waals surface area (Å²) in [5.41, 5.74) is 5.98. The maximum atomic E-state index is 10.9. The third-order valence-corrected chi connectivity index (χ3v) is 1.98. The van der Waals surface area contributed by atoms with Gasteiger partial charge in [-0.1, -0.05) is 0 Å². The molecule has 2 N–H and O–H groups in total. The Morgan fingerprint density at radius 3 is 2.94 bits per heavy atom. The van der Waals surface area contributed by atoms with E-state index in [-0.39, 0.29) is 11.4 Å². The van der Waals surface area contributed by atoms with Crippen LogP contribution in [0.5, 0.6) is 0 Å². The number of pyridine rings is 1. The first kappa shape index (κ1) is 9.86. The molecule has 0 saturated heterocycles. The van der Waals surface area contributed by atoms with Crippen molar-refractivity contribution in [2.45, 2.75) is 0 Å². The highest BCUT2D eigenvalue weighted by atomic mass is 16.1. The number of rotatable bonds is 2. The van der Waals surface area contributed by atoms with Crippen molar-refractivity contribution < 1.29 is 4.79 Å². The molecule has 0 aliphatic carbocycles. The van der Waals surface area contributed by atoms with Crippen molar-refractivity contribution in [1.82, 2.24) is 14.8 Å². The third-order valence-electron chi connectivity index (χ3n) is 1.98. The highest BCUT2D eigenvalue weighted by molar-refractivity contribution is 5.90. The Bertz CT molecular complexity index is 581. The lowest BCUT2D eigenvalue weighted by Crippen LogP contribution is -2.12. The lowest BCUT2D eigenvalue weighted by molar-refractivity contribution is 0.0995. The summed E-state index contributed by atoms with van der Waals surface area (Å²) in [5, 5.41) is 12.8. The Morgan fingerprint density at radius 1 is 1.50 bits per heavy atom. The number of carbonyl (C=O) groups excluding carboxylic acids is 1. The van der Waals surface area contributed by atoms with Gasteiger partial charge in [-0.15, -0.1) is 0 Å². The summed E-state index contributed by atoms with van der Waals surface area (Å²) in [4.78, 5) is 14.8. The molecule has 0 aromatic carbocycles. The van der Waals surface area contributed by atoms with Crippen molar-refractivity contribution in [2.24, 2.45) is 5.73 Å². The molecule has 6 nitrogen and oxygen atoms in total. The predicted molar refractivity (Wildman–Crippen MR) is 54.6 cm³/mol. The van der Waals surface area contributed by atoms with Gasteiger partial charge in [0, 0.05) is 12.4 Å². The molecule has 2 aromatic rings. The lowest BCUT2D eigenvalue weighted by atomic mass is 10.3. The summed E-state index contributed by atoms with van der Waals surface area (Å²) in [6.07, 6.45) is 3.07. The first-order chi connectivity index (χ1) is 7.72. The Hall–Kier alpha value is -2.68. The van der Waals surface area contributed by atoms with Gasteiger partial charge < -0.3 is 5.73 Å². The fourth-order valence-electron chi connectivity index (χ4n) is 1.26. The number of carbonyl (C=O) groups is 1. The molecule has 0 radical (unpaired) electrons. The van der Waals surface area contributed by atoms with E-state index in [9.17, 15) is 4.79 Å². The van der Waals surface area contributed by atoms with Crippen LogP contribution in [-0.4, -0.2) is 20.7 Å². The molecular formula is C10H7N5O. The largest absolute Gasteiger partial charge is 0.364 e. The number of aromatic nitrogens is 3. The van der Waals surface area contributed by atoms with E-state index >= 15 is 0 Å². The van der Waals surface area contributed by atoms with Crippen molar-refractivity contribution in [2.75, 3.05) is 0 Å². The zero-order valence-electron chi connectivity index (χ0n) is 8.16. The Kier molecular flexibility index (Phi) is 2.36. The molecule has 0 unspecified atom stereocenters. The summed E-state index contributed by atoms with van der Waals surface area (Å²) < 4.78 is 1.39. The molecule has 16 heavy (non-hydrogen) atoms. The Balaban J connectivity index is 2.51. The number of hydrogen-bond donors (Lipinski definition) is 1. The Labute approximate surface area is 90.9 Å². The van der Waals surface area contributed by atoms with Gasteiger partial charge in [-0.05, 0) is 18.2 Å². The fraction of sp³-hybridized carbons (Fsp3) is 0. The summed E-state index contributed by atoms with van der Waals surface area (Å²) in [6, 6.07) is 6.79. The number of amides is 1. The smallest absolute Gasteiger partial charge is 0.269 e. The zero-order valence-corrected chi connectivity index (χ0v) is 8.16. The minimum atomic E-state index is -0.610. The minimum absolute atomic E-state index is 0.146. The molecule has 0 fully saturated rings. The van der Waals surface area contributed by atoms with Crippen LogP contribution in [0.3, 0.4) is 0 Å². The van der Waals surface area contributed by atoms with E-state index in [0.29, 0.717) is 5.69 Å². The van der Waals surface area contributed by atoms with E-state index < -0.39 is 5.91 Å². The van der Waals surface area contributed by atoms with Crippen LogP contribution in [0.1, 0.15) is 16.2 Å². The Morgan fingerprint density at radius 2 is 2.31 bits per heavy atom. The fourth-order valence-corrected chi connectivity index (χ4v) is 1.26. The number of nitrogens with zero attached hydrogens (tertiary/aromatic N) is 4. The van der Waals surface area contributed by atoms with E-state index in [2.05, 4.69) is 10.1 Å². The van der Waals surface area contributed by atoms with Gasteiger partial charge in [-0.2, -0.15) is 10.4 Å². The minimum Gasteiger partial charge on any atom is -0.364 e. The second-order valence-corrected chi connectivity index (χ2v) is 2.99. The molecule has 0 bridgehead atoms. The van der Waals surface area contributed by atoms with E-state index in [4.69, 9.17) is 11.0 Å². The van der Waals surface area contributed by atoms with Crippen molar-refractivity contribution >= 4 is 5.91 Å². The molecule has 1 amide bonds. The van der Waals surface area contributed by atoms with Crippen molar-refractivity contribution in [1.29, 1.82) is 5.26 Å². The van der Waals surface area contributed by atoms with Crippen LogP contribution in [0.4, 0.5) is 0 Å². The average Bonchev–Trinajstić information content (AvgIpc) is 2.78. The maximum absolute atomic E-state index is 10.9. The summed E-state index contributed by atoms with van der Waals surface area (Å²) in [7, 11) is 0. The van der Waals surface area contributed by atoms with Crippen LogP contribution >= 0.6 is 0 Å². The van der Waals surface area contributed by atoms with Gasteiger partial charge in [-0.3, -0.25) is 4.79 Å². The van der Waals surface area contributed by atoms with Gasteiger partial charge in [0.15, 0.2) is 5.69 Å². The molecule has 2 aromatic heterocycles. The molecule has 2 heterocycles. The molecule has 78 valence electrons. The second-order valence-electron chi connectivity index (χ2n) is 2.99. The van der Waals surface area contributed by atoms with Crippen molar-refractivity contribution in [3.63, 3.8) is 0 Å². The molecular weight excluding hydrogens is 206 g/mol. The lowest BCUT2D eigenvalue weighted by Gasteiger charge is -2.01. The topological polar surface area (TPSA) is 97.6 Å². The molecule has 0 aliphatic rings. The van der Waals surface area contributed by atoms with Crippen LogP contribution in [0.15, 0.2) is 30.6 Å². The van der Waals surface area contributed by atoms with Gasteiger partial charge >= 0.3 is 0 Å². The molecule has 6 heteroatoms. The van der Waals surface area contributed by atoms with Crippen LogP contribution in [0.2, 0.25) is 0 Å². The highest BCUT2D eigenvalue weighted by Crippen LogP contribution is 2.10. The third kappa shape index (κ3) is 1.62. The van der Waals surface area contributed by atoms with E-state index in [1.54, 1.807) is 18.3 Å². The van der Waals surface area contributed by atoms with Gasteiger partial charge in [0.1, 0.15) is 17.5 Å². The van der Waals surface area contributed by atoms with Crippen molar-refractivity contribution in [3.8, 4) is 11.8 Å². The molecule has 0 atom stereocenters. The normalized spacial score (nSPS) is 9.69. The van der Waals surface area contributed by atoms with E-state index in [1.165, 1.54) is 16.9 Å². The zero-order chi connectivity index (χ0) is 11.5. The predicted octanol–water partition coefficient (Wildman–Crippen LogP) is 0.238. The monoisotopic (exact) mass is 213 g/mol. The first-order valence-electron chi connectivity index (χ1n) is 4.43. The maximum Gasteiger partial charge on any atom is 0.269 e. The van der Waals surface area contributed by atoms with Crippen molar-refractivity contribution in [3.05, 3.63) is 42.0 Å². The van der Waals surface area contributed by atoms with E-state index in [1.807, 2.05) is 6.07 Å². The quantitative estimate of drug-likeness (QED) is 0.772. The van der Waals surface area contributed by atoms with Gasteiger partial charge in [0.2, 0.25) is 0 Å². The van der Waals surface area contributed by atoms with Crippen LogP contribution in [0, 0.1) is 11.3 Å². The van der Waals surface area contributed by atoms with Gasteiger partial charge in [0.05, 0.1) is 0 Å². The second kappa shape index (κ2) is 3.82. The van der Waals surface area contributed by atoms with Gasteiger partial charge in [-0.25, -0.2) is 9.67 Å². The number of nitrogens with two attached hydrogens (primary N) is 1. The number of hydrogen-bond acceptors (Lipinski definition) is 4. The molecule has 2 rings (SSSR count). The van der Waals surface area contributed by atoms with Crippen LogP contribution in [-0.2, 0) is 0 Å². The molecule has 0 spiro atoms. The van der Waals surface area contributed by atoms with E-state index in [0.717, 1.165) is 0 Å². The summed E-state index contributed by atoms with van der Waals surface area (Å²) in [5.74, 6) is -0.610. The summed E-state index contributed by atoms with van der Waals surface area (Å²) >= 11 is 0. The standard InChI is InChI=1S/C10H7N5O/c11-6-8-9(2-1-4-13-8)15-5-3-7(14-15)10(12)16/h1-5H,(H2,12,16). The number of nitriles is 1. The van der Waals surface area contributed by atoms with Crippen LogP contribution in [0.25, 0.3) is 5.69 Å². The molecule has 0 saturated carbocycles. The first-order valence-corrected chi connectivity index (χ1v) is 4.43. The number of primary amides is 1. The van der Waals surface area contributed by atoms with Crippen LogP contribution < -0.4 is 5.73 Å². The average molecular weight is 213 g/mol. The van der Waals surface area contributed by atoms with Gasteiger partial charge in [0.25, 0.3) is 5.91 Å². The molecule has 0 aliphatic heterocycles.